The van der Waals surface area contributed by atoms with Gasteiger partial charge in [-0.25, -0.2) is 9.97 Å². The molecule has 0 bridgehead atoms. The second-order valence-corrected chi connectivity index (χ2v) is 6.32. The van der Waals surface area contributed by atoms with Crippen molar-refractivity contribution in [2.45, 2.75) is 20.4 Å². The highest BCUT2D eigenvalue weighted by molar-refractivity contribution is 7.17. The van der Waals surface area contributed by atoms with Crippen LogP contribution < -0.4 is 5.56 Å². The zero-order chi connectivity index (χ0) is 12.7. The van der Waals surface area contributed by atoms with Gasteiger partial charge in [-0.3, -0.25) is 9.36 Å². The summed E-state index contributed by atoms with van der Waals surface area (Å²) < 4.78 is 2.38. The van der Waals surface area contributed by atoms with Crippen LogP contribution in [0.1, 0.15) is 15.4 Å². The van der Waals surface area contributed by atoms with Gasteiger partial charge < -0.3 is 0 Å². The van der Waals surface area contributed by atoms with E-state index in [1.807, 2.05) is 25.4 Å². The summed E-state index contributed by atoms with van der Waals surface area (Å²) in [6.45, 7) is 4.48. The fourth-order valence-electron chi connectivity index (χ4n) is 1.82. The molecule has 18 heavy (non-hydrogen) atoms. The number of hydrogen-bond donors (Lipinski definition) is 0. The third kappa shape index (κ3) is 1.87. The van der Waals surface area contributed by atoms with E-state index in [-0.39, 0.29) is 5.56 Å². The number of aromatic nitrogens is 3. The second kappa shape index (κ2) is 4.29. The molecule has 0 fully saturated rings. The Labute approximate surface area is 112 Å². The van der Waals surface area contributed by atoms with Crippen LogP contribution in [0.5, 0.6) is 0 Å². The smallest absolute Gasteiger partial charge is 0.271 e. The van der Waals surface area contributed by atoms with E-state index in [9.17, 15) is 4.79 Å². The maximum Gasteiger partial charge on any atom is 0.271 e. The molecule has 3 rings (SSSR count). The Kier molecular flexibility index (Phi) is 2.76. The Morgan fingerprint density at radius 2 is 2.17 bits per heavy atom. The maximum atomic E-state index is 12.3. The maximum absolute atomic E-state index is 12.3. The molecule has 0 atom stereocenters. The summed E-state index contributed by atoms with van der Waals surface area (Å²) >= 11 is 3.07. The molecule has 0 amide bonds. The highest BCUT2D eigenvalue weighted by atomic mass is 32.1. The molecule has 0 saturated carbocycles. The molecule has 0 aliphatic heterocycles. The number of nitrogens with zero attached hydrogens (tertiary/aromatic N) is 3. The number of thiazole rings is 1. The van der Waals surface area contributed by atoms with E-state index in [1.54, 1.807) is 22.2 Å². The molecule has 0 radical (unpaired) electrons. The lowest BCUT2D eigenvalue weighted by molar-refractivity contribution is 0.758. The van der Waals surface area contributed by atoms with Crippen molar-refractivity contribution in [3.8, 4) is 0 Å². The number of hydrogen-bond acceptors (Lipinski definition) is 5. The van der Waals surface area contributed by atoms with E-state index in [4.69, 9.17) is 0 Å². The van der Waals surface area contributed by atoms with Crippen molar-refractivity contribution in [2.75, 3.05) is 0 Å². The zero-order valence-corrected chi connectivity index (χ0v) is 11.6. The van der Waals surface area contributed by atoms with E-state index in [2.05, 4.69) is 9.97 Å². The number of aryl methyl sites for hydroxylation is 2. The van der Waals surface area contributed by atoms with Crippen molar-refractivity contribution in [1.82, 2.24) is 14.5 Å². The van der Waals surface area contributed by atoms with Crippen molar-refractivity contribution in [3.63, 3.8) is 0 Å². The van der Waals surface area contributed by atoms with Crippen molar-refractivity contribution in [2.24, 2.45) is 0 Å². The van der Waals surface area contributed by atoms with Gasteiger partial charge in [-0.05, 0) is 24.8 Å². The molecule has 3 heterocycles. The first-order valence-corrected chi connectivity index (χ1v) is 7.19. The fourth-order valence-corrected chi connectivity index (χ4v) is 3.56. The Morgan fingerprint density at radius 3 is 2.89 bits per heavy atom. The Balaban J connectivity index is 2.07. The van der Waals surface area contributed by atoms with Crippen LogP contribution >= 0.6 is 22.7 Å². The molecule has 0 saturated heterocycles. The molecule has 0 aliphatic carbocycles. The lowest BCUT2D eigenvalue weighted by Gasteiger charge is -2.02. The van der Waals surface area contributed by atoms with Crippen LogP contribution in [0, 0.1) is 13.8 Å². The molecule has 3 aromatic rings. The molecule has 3 aromatic heterocycles. The fraction of sp³-hybridized carbons (Fsp3) is 0.250. The predicted octanol–water partition coefficient (Wildman–Crippen LogP) is 2.58. The van der Waals surface area contributed by atoms with Crippen LogP contribution in [-0.2, 0) is 6.54 Å². The van der Waals surface area contributed by atoms with Gasteiger partial charge in [-0.1, -0.05) is 0 Å². The average Bonchev–Trinajstić information content (AvgIpc) is 2.91. The van der Waals surface area contributed by atoms with Gasteiger partial charge in [0.2, 0.25) is 0 Å². The zero-order valence-electron chi connectivity index (χ0n) is 10.0. The molecule has 92 valence electrons. The van der Waals surface area contributed by atoms with Crippen molar-refractivity contribution >= 4 is 32.9 Å². The Bertz CT molecular complexity index is 769. The highest BCUT2D eigenvalue weighted by Crippen LogP contribution is 2.20. The average molecular weight is 277 g/mol. The standard InChI is InChI=1S/C12H11N3OS2/c1-7-5-17-11-10(7)14-6-15(12(11)16)4-9-3-13-8(2)18-9/h3,5-6H,4H2,1-2H3. The van der Waals surface area contributed by atoms with E-state index in [0.29, 0.717) is 6.54 Å². The second-order valence-electron chi connectivity index (χ2n) is 4.12. The quantitative estimate of drug-likeness (QED) is 0.723. The normalized spacial score (nSPS) is 11.2. The summed E-state index contributed by atoms with van der Waals surface area (Å²) in [5.74, 6) is 0. The summed E-state index contributed by atoms with van der Waals surface area (Å²) in [5.41, 5.74) is 1.92. The number of thiophene rings is 1. The van der Waals surface area contributed by atoms with Gasteiger partial charge in [0.15, 0.2) is 0 Å². The van der Waals surface area contributed by atoms with Crippen LogP contribution in [0.25, 0.3) is 10.2 Å². The van der Waals surface area contributed by atoms with Crippen molar-refractivity contribution < 1.29 is 0 Å². The Hall–Kier alpha value is -1.53. The molecule has 0 spiro atoms. The lowest BCUT2D eigenvalue weighted by Crippen LogP contribution is -2.19. The van der Waals surface area contributed by atoms with E-state index in [1.165, 1.54) is 11.3 Å². The molecule has 0 N–H and O–H groups in total. The van der Waals surface area contributed by atoms with Gasteiger partial charge >= 0.3 is 0 Å². The topological polar surface area (TPSA) is 47.8 Å². The largest absolute Gasteiger partial charge is 0.293 e. The summed E-state index contributed by atoms with van der Waals surface area (Å²) in [6, 6.07) is 0. The third-order valence-electron chi connectivity index (χ3n) is 2.72. The van der Waals surface area contributed by atoms with Gasteiger partial charge in [-0.2, -0.15) is 0 Å². The van der Waals surface area contributed by atoms with Gasteiger partial charge in [-0.15, -0.1) is 22.7 Å². The first-order chi connectivity index (χ1) is 8.65. The van der Waals surface area contributed by atoms with Crippen molar-refractivity contribution in [1.29, 1.82) is 0 Å². The number of fused-ring (bicyclic) bond motifs is 1. The molecular weight excluding hydrogens is 266 g/mol. The highest BCUT2D eigenvalue weighted by Gasteiger charge is 2.09. The SMILES string of the molecule is Cc1ncc(Cn2cnc3c(C)csc3c2=O)s1. The molecule has 0 unspecified atom stereocenters. The summed E-state index contributed by atoms with van der Waals surface area (Å²) in [6.07, 6.45) is 3.44. The van der Waals surface area contributed by atoms with Crippen LogP contribution in [0.2, 0.25) is 0 Å². The van der Waals surface area contributed by atoms with Crippen molar-refractivity contribution in [3.05, 3.63) is 43.7 Å². The van der Waals surface area contributed by atoms with Crippen LogP contribution in [0.3, 0.4) is 0 Å². The minimum Gasteiger partial charge on any atom is -0.293 e. The van der Waals surface area contributed by atoms with E-state index >= 15 is 0 Å². The molecule has 0 aliphatic rings. The summed E-state index contributed by atoms with van der Waals surface area (Å²) in [7, 11) is 0. The monoisotopic (exact) mass is 277 g/mol. The minimum atomic E-state index is 0.0316. The van der Waals surface area contributed by atoms with Crippen LogP contribution in [0.15, 0.2) is 22.7 Å². The lowest BCUT2D eigenvalue weighted by atomic mass is 10.3. The minimum absolute atomic E-state index is 0.0316. The molecular formula is C12H11N3OS2. The number of rotatable bonds is 2. The molecule has 0 aromatic carbocycles. The van der Waals surface area contributed by atoms with Gasteiger partial charge in [0.25, 0.3) is 5.56 Å². The first kappa shape index (κ1) is 11.6. The summed E-state index contributed by atoms with van der Waals surface area (Å²) in [4.78, 5) is 21.9. The predicted molar refractivity (Wildman–Crippen MR) is 74.6 cm³/mol. The van der Waals surface area contributed by atoms with Gasteiger partial charge in [0, 0.05) is 11.1 Å². The van der Waals surface area contributed by atoms with Crippen LogP contribution in [0.4, 0.5) is 0 Å². The molecule has 4 nitrogen and oxygen atoms in total. The Morgan fingerprint density at radius 1 is 1.33 bits per heavy atom. The summed E-state index contributed by atoms with van der Waals surface area (Å²) in [5, 5.41) is 2.99. The van der Waals surface area contributed by atoms with Crippen LogP contribution in [-0.4, -0.2) is 14.5 Å². The molecule has 6 heteroatoms. The first-order valence-electron chi connectivity index (χ1n) is 5.49. The van der Waals surface area contributed by atoms with E-state index in [0.717, 1.165) is 25.7 Å². The third-order valence-corrected chi connectivity index (χ3v) is 4.69. The van der Waals surface area contributed by atoms with E-state index < -0.39 is 0 Å². The van der Waals surface area contributed by atoms with Gasteiger partial charge in [0.1, 0.15) is 4.70 Å². The van der Waals surface area contributed by atoms with Gasteiger partial charge in [0.05, 0.1) is 23.4 Å².